The lowest BCUT2D eigenvalue weighted by Crippen LogP contribution is -2.24. The van der Waals surface area contributed by atoms with Crippen LogP contribution in [0.3, 0.4) is 0 Å². The van der Waals surface area contributed by atoms with Gasteiger partial charge in [-0.15, -0.1) is 0 Å². The van der Waals surface area contributed by atoms with E-state index in [0.29, 0.717) is 17.0 Å². The monoisotopic (exact) mass is 293 g/mol. The molecule has 0 aliphatic rings. The summed E-state index contributed by atoms with van der Waals surface area (Å²) in [5.74, 6) is -0.280. The molecule has 0 radical (unpaired) electrons. The molecule has 0 bridgehead atoms. The van der Waals surface area contributed by atoms with Crippen molar-refractivity contribution in [2.24, 2.45) is 0 Å². The Kier molecular flexibility index (Phi) is 5.44. The quantitative estimate of drug-likeness (QED) is 0.885. The topological polar surface area (TPSA) is 37.8 Å². The number of nitrogens with one attached hydrogen (secondary N) is 1. The molecule has 3 nitrogen and oxygen atoms in total. The van der Waals surface area contributed by atoms with E-state index in [9.17, 15) is 4.39 Å². The predicted molar refractivity (Wildman–Crippen MR) is 78.2 cm³/mol. The summed E-state index contributed by atoms with van der Waals surface area (Å²) in [6, 6.07) is 4.70. The summed E-state index contributed by atoms with van der Waals surface area (Å²) < 4.78 is 13.9. The van der Waals surface area contributed by atoms with Crippen molar-refractivity contribution in [1.82, 2.24) is 15.3 Å². The summed E-state index contributed by atoms with van der Waals surface area (Å²) in [6.07, 6.45) is 6.44. The Morgan fingerprint density at radius 3 is 2.70 bits per heavy atom. The van der Waals surface area contributed by atoms with E-state index in [1.807, 2.05) is 0 Å². The van der Waals surface area contributed by atoms with Crippen LogP contribution >= 0.6 is 11.6 Å². The number of benzene rings is 1. The highest BCUT2D eigenvalue weighted by Gasteiger charge is 2.16. The third kappa shape index (κ3) is 3.74. The van der Waals surface area contributed by atoms with Crippen LogP contribution in [0.1, 0.15) is 30.5 Å². The van der Waals surface area contributed by atoms with Gasteiger partial charge in [0.25, 0.3) is 0 Å². The third-order valence-electron chi connectivity index (χ3n) is 3.09. The van der Waals surface area contributed by atoms with Crippen molar-refractivity contribution in [3.63, 3.8) is 0 Å². The molecule has 20 heavy (non-hydrogen) atoms. The first-order valence-electron chi connectivity index (χ1n) is 6.63. The highest BCUT2D eigenvalue weighted by molar-refractivity contribution is 6.31. The fraction of sp³-hybridized carbons (Fsp3) is 0.333. The minimum atomic E-state index is -0.280. The molecule has 1 N–H and O–H groups in total. The van der Waals surface area contributed by atoms with Gasteiger partial charge in [-0.1, -0.05) is 24.6 Å². The van der Waals surface area contributed by atoms with Crippen molar-refractivity contribution in [2.75, 3.05) is 6.54 Å². The van der Waals surface area contributed by atoms with Gasteiger partial charge >= 0.3 is 0 Å². The molecule has 1 atom stereocenters. The Morgan fingerprint density at radius 1 is 1.30 bits per heavy atom. The number of hydrogen-bond donors (Lipinski definition) is 1. The van der Waals surface area contributed by atoms with Crippen LogP contribution in [0.4, 0.5) is 4.39 Å². The van der Waals surface area contributed by atoms with E-state index in [2.05, 4.69) is 22.2 Å². The molecular formula is C15H17ClFN3. The Balaban J connectivity index is 2.24. The van der Waals surface area contributed by atoms with Crippen LogP contribution < -0.4 is 5.32 Å². The van der Waals surface area contributed by atoms with Gasteiger partial charge in [-0.3, -0.25) is 0 Å². The van der Waals surface area contributed by atoms with Crippen molar-refractivity contribution in [3.05, 3.63) is 58.9 Å². The molecule has 0 saturated heterocycles. The third-order valence-corrected chi connectivity index (χ3v) is 3.45. The molecule has 0 aliphatic heterocycles. The first kappa shape index (κ1) is 14.9. The lowest BCUT2D eigenvalue weighted by atomic mass is 10.0. The summed E-state index contributed by atoms with van der Waals surface area (Å²) >= 11 is 6.10. The molecule has 5 heteroatoms. The Bertz CT molecular complexity index is 528. The first-order chi connectivity index (χ1) is 9.72. The highest BCUT2D eigenvalue weighted by Crippen LogP contribution is 2.25. The van der Waals surface area contributed by atoms with Crippen LogP contribution in [-0.4, -0.2) is 16.5 Å². The average molecular weight is 294 g/mol. The molecular weight excluding hydrogens is 277 g/mol. The maximum atomic E-state index is 13.9. The predicted octanol–water partition coefficient (Wildman–Crippen LogP) is 3.55. The number of rotatable bonds is 6. The molecule has 0 aliphatic carbocycles. The van der Waals surface area contributed by atoms with E-state index < -0.39 is 0 Å². The molecule has 1 heterocycles. The van der Waals surface area contributed by atoms with E-state index in [-0.39, 0.29) is 11.9 Å². The second-order valence-electron chi connectivity index (χ2n) is 4.58. The SMILES string of the molecule is CCCNC(Cc1c(F)cccc1Cl)c1cncnc1. The average Bonchev–Trinajstić information content (AvgIpc) is 2.47. The molecule has 0 saturated carbocycles. The molecule has 2 aromatic rings. The molecule has 0 amide bonds. The maximum Gasteiger partial charge on any atom is 0.127 e. The van der Waals surface area contributed by atoms with Crippen LogP contribution in [0, 0.1) is 5.82 Å². The lowest BCUT2D eigenvalue weighted by Gasteiger charge is -2.19. The number of halogens is 2. The minimum absolute atomic E-state index is 0.0504. The van der Waals surface area contributed by atoms with Gasteiger partial charge in [-0.2, -0.15) is 0 Å². The zero-order chi connectivity index (χ0) is 14.4. The van der Waals surface area contributed by atoms with Crippen molar-refractivity contribution < 1.29 is 4.39 Å². The lowest BCUT2D eigenvalue weighted by molar-refractivity contribution is 0.510. The van der Waals surface area contributed by atoms with Crippen molar-refractivity contribution in [2.45, 2.75) is 25.8 Å². The molecule has 0 fully saturated rings. The fourth-order valence-corrected chi connectivity index (χ4v) is 2.29. The Labute approximate surface area is 123 Å². The Morgan fingerprint density at radius 2 is 2.05 bits per heavy atom. The van der Waals surface area contributed by atoms with Gasteiger partial charge in [0, 0.05) is 34.6 Å². The molecule has 1 unspecified atom stereocenters. The van der Waals surface area contributed by atoms with E-state index in [1.54, 1.807) is 24.5 Å². The van der Waals surface area contributed by atoms with Crippen LogP contribution in [0.15, 0.2) is 36.9 Å². The summed E-state index contributed by atoms with van der Waals surface area (Å²) in [5, 5.41) is 3.83. The normalized spacial score (nSPS) is 12.3. The summed E-state index contributed by atoms with van der Waals surface area (Å²) in [4.78, 5) is 8.04. The summed E-state index contributed by atoms with van der Waals surface area (Å²) in [6.45, 7) is 2.92. The van der Waals surface area contributed by atoms with E-state index in [1.165, 1.54) is 12.4 Å². The van der Waals surface area contributed by atoms with E-state index in [4.69, 9.17) is 11.6 Å². The van der Waals surface area contributed by atoms with Crippen LogP contribution in [0.2, 0.25) is 5.02 Å². The zero-order valence-corrected chi connectivity index (χ0v) is 12.1. The van der Waals surface area contributed by atoms with Gasteiger partial charge in [0.1, 0.15) is 12.1 Å². The zero-order valence-electron chi connectivity index (χ0n) is 11.3. The fourth-order valence-electron chi connectivity index (χ4n) is 2.05. The van der Waals surface area contributed by atoms with Crippen LogP contribution in [0.25, 0.3) is 0 Å². The molecule has 0 spiro atoms. The van der Waals surface area contributed by atoms with E-state index in [0.717, 1.165) is 18.5 Å². The van der Waals surface area contributed by atoms with E-state index >= 15 is 0 Å². The standard InChI is InChI=1S/C15H17ClFN3/c1-2-6-20-15(11-8-18-10-19-9-11)7-12-13(16)4-3-5-14(12)17/h3-5,8-10,15,20H,2,6-7H2,1H3. The summed E-state index contributed by atoms with van der Waals surface area (Å²) in [5.41, 5.74) is 1.45. The van der Waals surface area contributed by atoms with Crippen molar-refractivity contribution in [3.8, 4) is 0 Å². The minimum Gasteiger partial charge on any atom is -0.310 e. The largest absolute Gasteiger partial charge is 0.310 e. The van der Waals surface area contributed by atoms with Gasteiger partial charge in [0.05, 0.1) is 0 Å². The molecule has 1 aromatic heterocycles. The Hall–Kier alpha value is -1.52. The van der Waals surface area contributed by atoms with Crippen molar-refractivity contribution >= 4 is 11.6 Å². The first-order valence-corrected chi connectivity index (χ1v) is 7.01. The molecule has 1 aromatic carbocycles. The van der Waals surface area contributed by atoms with Gasteiger partial charge in [0.15, 0.2) is 0 Å². The van der Waals surface area contributed by atoms with Gasteiger partial charge in [0.2, 0.25) is 0 Å². The van der Waals surface area contributed by atoms with Crippen molar-refractivity contribution in [1.29, 1.82) is 0 Å². The van der Waals surface area contributed by atoms with Gasteiger partial charge in [-0.05, 0) is 31.5 Å². The maximum absolute atomic E-state index is 13.9. The second-order valence-corrected chi connectivity index (χ2v) is 4.99. The number of aromatic nitrogens is 2. The molecule has 106 valence electrons. The number of hydrogen-bond acceptors (Lipinski definition) is 3. The number of nitrogens with zero attached hydrogens (tertiary/aromatic N) is 2. The summed E-state index contributed by atoms with van der Waals surface area (Å²) in [7, 11) is 0. The smallest absolute Gasteiger partial charge is 0.127 e. The second kappa shape index (κ2) is 7.31. The van der Waals surface area contributed by atoms with Crippen LogP contribution in [-0.2, 0) is 6.42 Å². The van der Waals surface area contributed by atoms with Crippen LogP contribution in [0.5, 0.6) is 0 Å². The van der Waals surface area contributed by atoms with Gasteiger partial charge in [-0.25, -0.2) is 14.4 Å². The molecule has 2 rings (SSSR count). The van der Waals surface area contributed by atoms with Gasteiger partial charge < -0.3 is 5.32 Å². The highest BCUT2D eigenvalue weighted by atomic mass is 35.5.